The molecule has 1 amide bonds. The van der Waals surface area contributed by atoms with Crippen molar-refractivity contribution in [3.8, 4) is 0 Å². The molecule has 8 nitrogen and oxygen atoms in total. The second kappa shape index (κ2) is 9.28. The number of morpholine rings is 1. The fourth-order valence-corrected chi connectivity index (χ4v) is 4.11. The molecule has 2 N–H and O–H groups in total. The molecule has 3 heterocycles. The Hall–Kier alpha value is -2.23. The number of ether oxygens (including phenoxy) is 2. The Balaban J connectivity index is 1.78. The van der Waals surface area contributed by atoms with E-state index in [9.17, 15) is 9.90 Å². The number of carbonyl (C=O) groups is 1. The summed E-state index contributed by atoms with van der Waals surface area (Å²) < 4.78 is 11.4. The molecule has 1 unspecified atom stereocenters. The van der Waals surface area contributed by atoms with Gasteiger partial charge in [0.05, 0.1) is 25.5 Å². The van der Waals surface area contributed by atoms with Crippen LogP contribution in [0.4, 0.5) is 15.7 Å². The second-order valence-corrected chi connectivity index (χ2v) is 9.43. The lowest BCUT2D eigenvalue weighted by Crippen LogP contribution is -2.55. The summed E-state index contributed by atoms with van der Waals surface area (Å²) in [6, 6.07) is 5.48. The fraction of sp³-hybridized carbons (Fsp3) is 0.571. The minimum atomic E-state index is -1.11. The van der Waals surface area contributed by atoms with E-state index in [1.807, 2.05) is 39.1 Å². The molecule has 1 fully saturated rings. The lowest BCUT2D eigenvalue weighted by atomic mass is 9.97. The third-order valence-electron chi connectivity index (χ3n) is 4.59. The number of thiazole rings is 1. The molecule has 2 aromatic heterocycles. The first-order valence-corrected chi connectivity index (χ1v) is 11.0. The highest BCUT2D eigenvalue weighted by molar-refractivity contribution is 7.15. The summed E-state index contributed by atoms with van der Waals surface area (Å²) >= 11 is 1.60. The first kappa shape index (κ1) is 22.5. The predicted octanol–water partition coefficient (Wildman–Crippen LogP) is 3.69. The van der Waals surface area contributed by atoms with Gasteiger partial charge in [-0.05, 0) is 39.3 Å². The maximum atomic E-state index is 12.5. The Morgan fingerprint density at radius 2 is 2.23 bits per heavy atom. The van der Waals surface area contributed by atoms with Gasteiger partial charge < -0.3 is 24.8 Å². The van der Waals surface area contributed by atoms with E-state index in [1.165, 1.54) is 4.88 Å². The summed E-state index contributed by atoms with van der Waals surface area (Å²) in [5.74, 6) is 0.607. The van der Waals surface area contributed by atoms with Crippen molar-refractivity contribution in [2.75, 3.05) is 31.6 Å². The molecule has 1 saturated heterocycles. The molecule has 0 aromatic carbocycles. The minimum absolute atomic E-state index is 0.159. The van der Waals surface area contributed by atoms with Gasteiger partial charge in [-0.2, -0.15) is 0 Å². The second-order valence-electron chi connectivity index (χ2n) is 8.32. The third-order valence-corrected chi connectivity index (χ3v) is 5.57. The molecule has 0 radical (unpaired) electrons. The Morgan fingerprint density at radius 3 is 2.93 bits per heavy atom. The summed E-state index contributed by atoms with van der Waals surface area (Å²) in [6.07, 6.45) is 3.51. The van der Waals surface area contributed by atoms with Crippen molar-refractivity contribution in [2.45, 2.75) is 51.7 Å². The van der Waals surface area contributed by atoms with Gasteiger partial charge in [0, 0.05) is 17.6 Å². The number of rotatable bonds is 6. The average molecular weight is 435 g/mol. The molecule has 0 aliphatic carbocycles. The van der Waals surface area contributed by atoms with E-state index in [2.05, 4.69) is 22.2 Å². The van der Waals surface area contributed by atoms with Crippen molar-refractivity contribution in [3.05, 3.63) is 35.0 Å². The largest absolute Gasteiger partial charge is 0.444 e. The topological polar surface area (TPSA) is 96.8 Å². The van der Waals surface area contributed by atoms with Crippen LogP contribution >= 0.6 is 11.3 Å². The molecule has 1 aliphatic rings. The zero-order valence-corrected chi connectivity index (χ0v) is 18.8. The summed E-state index contributed by atoms with van der Waals surface area (Å²) in [4.78, 5) is 24.4. The molecule has 2 aromatic rings. The number of pyridine rings is 1. The van der Waals surface area contributed by atoms with Crippen LogP contribution in [0.2, 0.25) is 0 Å². The van der Waals surface area contributed by atoms with Crippen LogP contribution in [0.25, 0.3) is 0 Å². The van der Waals surface area contributed by atoms with Crippen LogP contribution in [0.1, 0.15) is 44.7 Å². The molecule has 30 heavy (non-hydrogen) atoms. The number of amides is 1. The number of hydrogen-bond acceptors (Lipinski definition) is 8. The summed E-state index contributed by atoms with van der Waals surface area (Å²) in [6.45, 7) is 8.15. The Labute approximate surface area is 181 Å². The van der Waals surface area contributed by atoms with E-state index in [1.54, 1.807) is 22.3 Å². The van der Waals surface area contributed by atoms with Gasteiger partial charge in [0.2, 0.25) is 0 Å². The molecule has 0 saturated carbocycles. The van der Waals surface area contributed by atoms with Crippen LogP contribution in [0, 0.1) is 0 Å². The number of nitrogens with zero attached hydrogens (tertiary/aromatic N) is 3. The van der Waals surface area contributed by atoms with Crippen LogP contribution in [0.5, 0.6) is 0 Å². The number of aliphatic hydroxyl groups is 1. The minimum Gasteiger partial charge on any atom is -0.444 e. The number of anilines is 2. The van der Waals surface area contributed by atoms with Crippen molar-refractivity contribution in [1.29, 1.82) is 0 Å². The maximum Gasteiger partial charge on any atom is 0.410 e. The van der Waals surface area contributed by atoms with E-state index in [0.29, 0.717) is 18.1 Å². The lowest BCUT2D eigenvalue weighted by molar-refractivity contribution is -0.138. The first-order valence-electron chi connectivity index (χ1n) is 10.2. The Bertz CT molecular complexity index is 867. The van der Waals surface area contributed by atoms with Gasteiger partial charge in [-0.3, -0.25) is 0 Å². The predicted molar refractivity (Wildman–Crippen MR) is 116 cm³/mol. The molecular weight excluding hydrogens is 404 g/mol. The maximum absolute atomic E-state index is 12.5. The van der Waals surface area contributed by atoms with E-state index in [0.717, 1.165) is 18.0 Å². The first-order chi connectivity index (χ1) is 14.2. The highest BCUT2D eigenvalue weighted by atomic mass is 32.1. The number of carbonyl (C=O) groups excluding carboxylic acids is 1. The van der Waals surface area contributed by atoms with Crippen molar-refractivity contribution in [3.63, 3.8) is 0 Å². The van der Waals surface area contributed by atoms with Crippen molar-refractivity contribution >= 4 is 28.4 Å². The lowest BCUT2D eigenvalue weighted by Gasteiger charge is -2.41. The van der Waals surface area contributed by atoms with Gasteiger partial charge in [0.1, 0.15) is 11.4 Å². The smallest absolute Gasteiger partial charge is 0.410 e. The summed E-state index contributed by atoms with van der Waals surface area (Å²) in [5.41, 5.74) is -1.15. The fourth-order valence-electron chi connectivity index (χ4n) is 3.19. The van der Waals surface area contributed by atoms with Gasteiger partial charge in [0.15, 0.2) is 10.7 Å². The van der Waals surface area contributed by atoms with Crippen molar-refractivity contribution < 1.29 is 19.4 Å². The standard InChI is InChI=1S/C21H30N4O4S/c1-5-7-15-12-22-18(30-15)24-17-9-6-8-16(23-17)21(14-26)13-25(10-11-28-21)19(27)29-20(2,3)4/h6,8-9,12,26H,5,7,10-11,13-14H2,1-4H3,(H,22,23,24). The molecule has 0 bridgehead atoms. The van der Waals surface area contributed by atoms with Crippen molar-refractivity contribution in [2.24, 2.45) is 0 Å². The third kappa shape index (κ3) is 5.47. The normalized spacial score (nSPS) is 19.6. The van der Waals surface area contributed by atoms with Crippen LogP contribution in [0.3, 0.4) is 0 Å². The van der Waals surface area contributed by atoms with E-state index >= 15 is 0 Å². The molecule has 0 spiro atoms. The molecule has 164 valence electrons. The van der Waals surface area contributed by atoms with Crippen LogP contribution in [-0.2, 0) is 21.5 Å². The van der Waals surface area contributed by atoms with E-state index in [-0.39, 0.29) is 19.8 Å². The number of aliphatic hydroxyl groups excluding tert-OH is 1. The van der Waals surface area contributed by atoms with Crippen LogP contribution in [-0.4, -0.2) is 58.0 Å². The highest BCUT2D eigenvalue weighted by Gasteiger charge is 2.42. The van der Waals surface area contributed by atoms with Gasteiger partial charge >= 0.3 is 6.09 Å². The number of nitrogens with one attached hydrogen (secondary N) is 1. The average Bonchev–Trinajstić information content (AvgIpc) is 3.14. The Kier molecular flexibility index (Phi) is 6.95. The summed E-state index contributed by atoms with van der Waals surface area (Å²) in [5, 5.41) is 14.2. The van der Waals surface area contributed by atoms with Crippen molar-refractivity contribution in [1.82, 2.24) is 14.9 Å². The quantitative estimate of drug-likeness (QED) is 0.716. The monoisotopic (exact) mass is 434 g/mol. The van der Waals surface area contributed by atoms with Crippen LogP contribution < -0.4 is 5.32 Å². The molecule has 3 rings (SSSR count). The molecular formula is C21H30N4O4S. The molecule has 1 aliphatic heterocycles. The zero-order valence-electron chi connectivity index (χ0n) is 18.0. The van der Waals surface area contributed by atoms with Gasteiger partial charge in [-0.25, -0.2) is 14.8 Å². The van der Waals surface area contributed by atoms with Crippen LogP contribution in [0.15, 0.2) is 24.4 Å². The zero-order chi connectivity index (χ0) is 21.8. The number of hydrogen-bond donors (Lipinski definition) is 2. The van der Waals surface area contributed by atoms with E-state index < -0.39 is 17.3 Å². The van der Waals surface area contributed by atoms with Gasteiger partial charge in [-0.15, -0.1) is 11.3 Å². The molecule has 9 heteroatoms. The molecule has 1 atom stereocenters. The Morgan fingerprint density at radius 1 is 1.43 bits per heavy atom. The van der Waals surface area contributed by atoms with E-state index in [4.69, 9.17) is 9.47 Å². The summed E-state index contributed by atoms with van der Waals surface area (Å²) in [7, 11) is 0. The van der Waals surface area contributed by atoms with Gasteiger partial charge in [-0.1, -0.05) is 19.4 Å². The number of aryl methyl sites for hydroxylation is 1. The highest BCUT2D eigenvalue weighted by Crippen LogP contribution is 2.31. The SMILES string of the molecule is CCCc1cnc(Nc2cccc(C3(CO)CN(C(=O)OC(C)(C)C)CCO3)n2)s1. The van der Waals surface area contributed by atoms with Gasteiger partial charge in [0.25, 0.3) is 0 Å². The number of aromatic nitrogens is 2.